The van der Waals surface area contributed by atoms with E-state index in [4.69, 9.17) is 22.1 Å². The minimum Gasteiger partial charge on any atom is -0.494 e. The van der Waals surface area contributed by atoms with Crippen molar-refractivity contribution >= 4 is 23.2 Å². The fourth-order valence-electron chi connectivity index (χ4n) is 2.10. The van der Waals surface area contributed by atoms with E-state index >= 15 is 0 Å². The van der Waals surface area contributed by atoms with Crippen LogP contribution >= 0.6 is 12.2 Å². The highest BCUT2D eigenvalue weighted by Crippen LogP contribution is 2.13. The molecule has 134 valence electrons. The third kappa shape index (κ3) is 8.84. The van der Waals surface area contributed by atoms with E-state index in [1.165, 1.54) is 25.7 Å². The molecular weight excluding hydrogens is 324 g/mol. The molecule has 0 aliphatic carbocycles. The third-order valence-electron chi connectivity index (χ3n) is 3.48. The number of benzene rings is 1. The molecule has 6 heteroatoms. The number of ether oxygens (including phenoxy) is 1. The van der Waals surface area contributed by atoms with Crippen LogP contribution < -0.4 is 15.4 Å². The van der Waals surface area contributed by atoms with E-state index in [0.717, 1.165) is 12.2 Å². The van der Waals surface area contributed by atoms with Crippen LogP contribution in [0.4, 0.5) is 0 Å². The molecule has 0 fully saturated rings. The van der Waals surface area contributed by atoms with E-state index < -0.39 is 0 Å². The largest absolute Gasteiger partial charge is 0.494 e. The molecule has 0 bridgehead atoms. The molecular formula is C18H28N2O3S. The molecule has 1 aromatic rings. The Hall–Kier alpha value is -1.66. The maximum absolute atomic E-state index is 12.0. The standard InChI is InChI=1S/C18H28N2O3S/c1-2-3-4-5-6-14-23-16-10-8-15(9-11-16)17(22)20-18(24)19-12-7-13-21/h8-11,21H,2-7,12-14H2,1H3,(H2,19,20,22,24). The smallest absolute Gasteiger partial charge is 0.257 e. The molecule has 1 amide bonds. The summed E-state index contributed by atoms with van der Waals surface area (Å²) >= 11 is 5.02. The number of nitrogens with one attached hydrogen (secondary N) is 2. The van der Waals surface area contributed by atoms with Crippen LogP contribution in [0.25, 0.3) is 0 Å². The van der Waals surface area contributed by atoms with Crippen LogP contribution in [0.2, 0.25) is 0 Å². The van der Waals surface area contributed by atoms with E-state index in [-0.39, 0.29) is 17.6 Å². The lowest BCUT2D eigenvalue weighted by atomic mass is 10.2. The van der Waals surface area contributed by atoms with Crippen LogP contribution in [0.5, 0.6) is 5.75 Å². The molecule has 0 unspecified atom stereocenters. The van der Waals surface area contributed by atoms with Gasteiger partial charge in [0.25, 0.3) is 5.91 Å². The second-order valence-corrected chi connectivity index (χ2v) is 5.98. The average molecular weight is 353 g/mol. The summed E-state index contributed by atoms with van der Waals surface area (Å²) in [5.41, 5.74) is 0.525. The summed E-state index contributed by atoms with van der Waals surface area (Å²) in [5.74, 6) is 0.508. The van der Waals surface area contributed by atoms with E-state index in [1.807, 2.05) is 0 Å². The van der Waals surface area contributed by atoms with Crippen LogP contribution in [-0.2, 0) is 0 Å². The number of unbranched alkanes of at least 4 members (excludes halogenated alkanes) is 4. The first-order valence-corrected chi connectivity index (χ1v) is 9.01. The highest BCUT2D eigenvalue weighted by Gasteiger charge is 2.07. The van der Waals surface area contributed by atoms with Crippen molar-refractivity contribution in [2.24, 2.45) is 0 Å². The van der Waals surface area contributed by atoms with Crippen LogP contribution in [0.3, 0.4) is 0 Å². The molecule has 1 aromatic carbocycles. The lowest BCUT2D eigenvalue weighted by molar-refractivity contribution is 0.0976. The second-order valence-electron chi connectivity index (χ2n) is 5.57. The molecule has 0 atom stereocenters. The van der Waals surface area contributed by atoms with E-state index in [2.05, 4.69) is 17.6 Å². The van der Waals surface area contributed by atoms with Gasteiger partial charge in [-0.15, -0.1) is 0 Å². The van der Waals surface area contributed by atoms with Gasteiger partial charge in [-0.05, 0) is 49.3 Å². The number of carbonyl (C=O) groups excluding carboxylic acids is 1. The van der Waals surface area contributed by atoms with Crippen LogP contribution in [0.1, 0.15) is 55.8 Å². The molecule has 5 nitrogen and oxygen atoms in total. The van der Waals surface area contributed by atoms with Crippen molar-refractivity contribution in [2.75, 3.05) is 19.8 Å². The van der Waals surface area contributed by atoms with Gasteiger partial charge < -0.3 is 15.2 Å². The predicted molar refractivity (Wildman–Crippen MR) is 100 cm³/mol. The normalized spacial score (nSPS) is 10.2. The van der Waals surface area contributed by atoms with Gasteiger partial charge in [-0.2, -0.15) is 0 Å². The number of aliphatic hydroxyl groups is 1. The van der Waals surface area contributed by atoms with Gasteiger partial charge in [0.15, 0.2) is 5.11 Å². The summed E-state index contributed by atoms with van der Waals surface area (Å²) in [5, 5.41) is 14.4. The topological polar surface area (TPSA) is 70.6 Å². The molecule has 3 N–H and O–H groups in total. The van der Waals surface area contributed by atoms with Crippen molar-refractivity contribution in [1.29, 1.82) is 0 Å². The third-order valence-corrected chi connectivity index (χ3v) is 3.73. The molecule has 0 aliphatic heterocycles. The SMILES string of the molecule is CCCCCCCOc1ccc(C(=O)NC(=S)NCCCO)cc1. The lowest BCUT2D eigenvalue weighted by Crippen LogP contribution is -2.39. The summed E-state index contributed by atoms with van der Waals surface area (Å²) in [6.45, 7) is 3.52. The summed E-state index contributed by atoms with van der Waals surface area (Å²) in [6, 6.07) is 7.03. The Morgan fingerprint density at radius 3 is 2.50 bits per heavy atom. The van der Waals surface area contributed by atoms with E-state index in [0.29, 0.717) is 25.1 Å². The Morgan fingerprint density at radius 1 is 1.12 bits per heavy atom. The van der Waals surface area contributed by atoms with Crippen LogP contribution in [0, 0.1) is 0 Å². The number of thiocarbonyl (C=S) groups is 1. The van der Waals surface area contributed by atoms with E-state index in [9.17, 15) is 4.79 Å². The number of rotatable bonds is 11. The Labute approximate surface area is 149 Å². The highest BCUT2D eigenvalue weighted by molar-refractivity contribution is 7.80. The lowest BCUT2D eigenvalue weighted by Gasteiger charge is -2.10. The maximum atomic E-state index is 12.0. The molecule has 0 saturated heterocycles. The van der Waals surface area contributed by atoms with E-state index in [1.54, 1.807) is 24.3 Å². The van der Waals surface area contributed by atoms with Gasteiger partial charge in [0.1, 0.15) is 5.75 Å². The first kappa shape index (κ1) is 20.4. The van der Waals surface area contributed by atoms with Crippen molar-refractivity contribution in [3.63, 3.8) is 0 Å². The zero-order valence-electron chi connectivity index (χ0n) is 14.3. The predicted octanol–water partition coefficient (Wildman–Crippen LogP) is 3.02. The molecule has 0 spiro atoms. The molecule has 1 rings (SSSR count). The van der Waals surface area contributed by atoms with Crippen molar-refractivity contribution < 1.29 is 14.6 Å². The monoisotopic (exact) mass is 352 g/mol. The highest BCUT2D eigenvalue weighted by atomic mass is 32.1. The molecule has 0 heterocycles. The Balaban J connectivity index is 2.30. The van der Waals surface area contributed by atoms with Gasteiger partial charge >= 0.3 is 0 Å². The van der Waals surface area contributed by atoms with Crippen molar-refractivity contribution in [3.05, 3.63) is 29.8 Å². The Morgan fingerprint density at radius 2 is 1.83 bits per heavy atom. The fourth-order valence-corrected chi connectivity index (χ4v) is 2.29. The number of aliphatic hydroxyl groups excluding tert-OH is 1. The maximum Gasteiger partial charge on any atom is 0.257 e. The quantitative estimate of drug-likeness (QED) is 0.422. The average Bonchev–Trinajstić information content (AvgIpc) is 2.58. The zero-order valence-corrected chi connectivity index (χ0v) is 15.2. The van der Waals surface area contributed by atoms with Crippen LogP contribution in [-0.4, -0.2) is 35.9 Å². The van der Waals surface area contributed by atoms with Crippen molar-refractivity contribution in [3.8, 4) is 5.75 Å². The first-order valence-electron chi connectivity index (χ1n) is 8.60. The molecule has 0 radical (unpaired) electrons. The summed E-state index contributed by atoms with van der Waals surface area (Å²) in [4.78, 5) is 12.0. The minimum atomic E-state index is -0.261. The van der Waals surface area contributed by atoms with Gasteiger partial charge in [-0.1, -0.05) is 32.6 Å². The number of hydrogen-bond donors (Lipinski definition) is 3. The minimum absolute atomic E-state index is 0.0869. The summed E-state index contributed by atoms with van der Waals surface area (Å²) < 4.78 is 5.67. The van der Waals surface area contributed by atoms with Crippen molar-refractivity contribution in [1.82, 2.24) is 10.6 Å². The van der Waals surface area contributed by atoms with Gasteiger partial charge in [0.05, 0.1) is 6.61 Å². The summed E-state index contributed by atoms with van der Waals surface area (Å²) in [6.07, 6.45) is 6.60. The van der Waals surface area contributed by atoms with Gasteiger partial charge in [-0.25, -0.2) is 0 Å². The Bertz CT molecular complexity index is 492. The Kier molecular flexibility index (Phi) is 10.8. The second kappa shape index (κ2) is 12.7. The number of amides is 1. The zero-order chi connectivity index (χ0) is 17.6. The summed E-state index contributed by atoms with van der Waals surface area (Å²) in [7, 11) is 0. The molecule has 0 aliphatic rings. The molecule has 0 aromatic heterocycles. The fraction of sp³-hybridized carbons (Fsp3) is 0.556. The van der Waals surface area contributed by atoms with Gasteiger partial charge in [0.2, 0.25) is 0 Å². The molecule has 24 heavy (non-hydrogen) atoms. The van der Waals surface area contributed by atoms with Crippen molar-refractivity contribution in [2.45, 2.75) is 45.4 Å². The number of carbonyl (C=O) groups is 1. The number of hydrogen-bond acceptors (Lipinski definition) is 4. The first-order chi connectivity index (χ1) is 11.7. The van der Waals surface area contributed by atoms with Crippen LogP contribution in [0.15, 0.2) is 24.3 Å². The van der Waals surface area contributed by atoms with Gasteiger partial charge in [0, 0.05) is 18.7 Å². The van der Waals surface area contributed by atoms with Gasteiger partial charge in [-0.3, -0.25) is 10.1 Å². The molecule has 0 saturated carbocycles.